The lowest BCUT2D eigenvalue weighted by Gasteiger charge is -2.49. The van der Waals surface area contributed by atoms with E-state index in [0.29, 0.717) is 29.0 Å². The summed E-state index contributed by atoms with van der Waals surface area (Å²) in [6, 6.07) is 24.4. The van der Waals surface area contributed by atoms with Crippen molar-refractivity contribution in [2.75, 3.05) is 11.7 Å². The highest BCUT2D eigenvalue weighted by Gasteiger charge is 2.50. The van der Waals surface area contributed by atoms with E-state index in [1.54, 1.807) is 4.90 Å². The number of aryl methyl sites for hydroxylation is 1. The van der Waals surface area contributed by atoms with Gasteiger partial charge in [-0.25, -0.2) is 8.78 Å². The fourth-order valence-electron chi connectivity index (χ4n) is 5.68. The van der Waals surface area contributed by atoms with E-state index < -0.39 is 23.2 Å². The van der Waals surface area contributed by atoms with E-state index in [-0.39, 0.29) is 25.2 Å². The molecule has 4 aromatic rings. The summed E-state index contributed by atoms with van der Waals surface area (Å²) in [5.41, 5.74) is 2.09. The van der Waals surface area contributed by atoms with Crippen molar-refractivity contribution < 1.29 is 28.2 Å². The van der Waals surface area contributed by atoms with E-state index in [0.717, 1.165) is 16.8 Å². The minimum atomic E-state index is -1.55. The van der Waals surface area contributed by atoms with Crippen molar-refractivity contribution in [1.82, 2.24) is 0 Å². The van der Waals surface area contributed by atoms with Gasteiger partial charge in [0.05, 0.1) is 12.0 Å². The second-order valence-corrected chi connectivity index (χ2v) is 10.1. The van der Waals surface area contributed by atoms with Crippen molar-refractivity contribution in [2.24, 2.45) is 5.92 Å². The first kappa shape index (κ1) is 25.1. The number of benzene rings is 4. The third-order valence-corrected chi connectivity index (χ3v) is 7.79. The summed E-state index contributed by atoms with van der Waals surface area (Å²) < 4.78 is 38.5. The molecule has 2 aliphatic heterocycles. The highest BCUT2D eigenvalue weighted by atomic mass is 19.1. The molecule has 0 spiro atoms. The summed E-state index contributed by atoms with van der Waals surface area (Å²) in [5.74, 6) is -0.0444. The molecule has 0 radical (unpaired) electrons. The van der Waals surface area contributed by atoms with Gasteiger partial charge in [-0.15, -0.1) is 0 Å². The van der Waals surface area contributed by atoms with Crippen molar-refractivity contribution >= 4 is 11.6 Å². The highest BCUT2D eigenvalue weighted by Crippen LogP contribution is 2.50. The maximum Gasteiger partial charge on any atom is 0.233 e. The molecule has 2 unspecified atom stereocenters. The summed E-state index contributed by atoms with van der Waals surface area (Å²) in [4.78, 5) is 15.5. The Morgan fingerprint density at radius 2 is 1.49 bits per heavy atom. The van der Waals surface area contributed by atoms with Crippen molar-refractivity contribution in [2.45, 2.75) is 31.4 Å². The number of fused-ring (bicyclic) bond motifs is 1. The summed E-state index contributed by atoms with van der Waals surface area (Å²) in [6.45, 7) is 2.12. The number of hydrogen-bond acceptors (Lipinski definition) is 4. The van der Waals surface area contributed by atoms with Gasteiger partial charge in [0.1, 0.15) is 17.2 Å². The first-order valence-electron chi connectivity index (χ1n) is 12.9. The van der Waals surface area contributed by atoms with Crippen molar-refractivity contribution in [3.8, 4) is 11.5 Å². The number of hydrogen-bond donors (Lipinski definition) is 1. The summed E-state index contributed by atoms with van der Waals surface area (Å²) >= 11 is 0. The monoisotopic (exact) mass is 527 g/mol. The van der Waals surface area contributed by atoms with E-state index in [2.05, 4.69) is 0 Å². The number of rotatable bonds is 7. The number of ether oxygens (including phenoxy) is 2. The van der Waals surface area contributed by atoms with E-state index in [4.69, 9.17) is 9.47 Å². The molecule has 0 aromatic heterocycles. The van der Waals surface area contributed by atoms with Gasteiger partial charge in [0.15, 0.2) is 11.5 Å². The van der Waals surface area contributed by atoms with Crippen LogP contribution < -0.4 is 14.4 Å². The Labute approximate surface area is 225 Å². The molecule has 2 atom stereocenters. The van der Waals surface area contributed by atoms with Crippen LogP contribution in [0.15, 0.2) is 91.0 Å². The lowest BCUT2D eigenvalue weighted by Crippen LogP contribution is -2.55. The van der Waals surface area contributed by atoms with Crippen LogP contribution in [0.3, 0.4) is 0 Å². The van der Waals surface area contributed by atoms with Gasteiger partial charge in [-0.2, -0.15) is 0 Å². The molecule has 39 heavy (non-hydrogen) atoms. The van der Waals surface area contributed by atoms with Crippen LogP contribution in [0, 0.1) is 24.5 Å². The van der Waals surface area contributed by atoms with Crippen molar-refractivity contribution in [3.05, 3.63) is 125 Å². The van der Waals surface area contributed by atoms with E-state index in [1.165, 1.54) is 48.5 Å². The molecule has 1 N–H and O–H groups in total. The Morgan fingerprint density at radius 1 is 0.872 bits per heavy atom. The number of halogens is 2. The normalized spacial score (nSPS) is 18.3. The fraction of sp³-hybridized carbons (Fsp3) is 0.219. The van der Waals surface area contributed by atoms with E-state index in [1.807, 2.05) is 49.4 Å². The van der Waals surface area contributed by atoms with Gasteiger partial charge < -0.3 is 19.5 Å². The Bertz CT molecular complexity index is 1470. The number of para-hydroxylation sites is 1. The molecule has 5 nitrogen and oxygen atoms in total. The number of amides is 1. The van der Waals surface area contributed by atoms with Crippen LogP contribution in [-0.4, -0.2) is 17.8 Å². The van der Waals surface area contributed by atoms with E-state index >= 15 is 0 Å². The predicted octanol–water partition coefficient (Wildman–Crippen LogP) is 6.42. The number of carbonyl (C=O) groups excluding carboxylic acids is 1. The number of aliphatic hydroxyl groups is 1. The molecular formula is C32H27F2NO4. The first-order chi connectivity index (χ1) is 18.8. The van der Waals surface area contributed by atoms with Crippen molar-refractivity contribution in [1.29, 1.82) is 0 Å². The lowest BCUT2D eigenvalue weighted by molar-refractivity contribution is -0.131. The Hall–Kier alpha value is -4.23. The zero-order valence-electron chi connectivity index (χ0n) is 21.3. The van der Waals surface area contributed by atoms with E-state index in [9.17, 15) is 18.7 Å². The van der Waals surface area contributed by atoms with Crippen LogP contribution in [0.25, 0.3) is 0 Å². The van der Waals surface area contributed by atoms with Gasteiger partial charge in [-0.1, -0.05) is 48.5 Å². The Kier molecular flexibility index (Phi) is 6.31. The van der Waals surface area contributed by atoms with Crippen LogP contribution in [0.1, 0.15) is 41.1 Å². The second-order valence-electron chi connectivity index (χ2n) is 10.1. The molecule has 2 heterocycles. The Balaban J connectivity index is 1.36. The number of nitrogens with zero attached hydrogens (tertiary/aromatic N) is 1. The van der Waals surface area contributed by atoms with Gasteiger partial charge in [0.25, 0.3) is 0 Å². The molecule has 0 bridgehead atoms. The third-order valence-electron chi connectivity index (χ3n) is 7.79. The molecule has 6 rings (SSSR count). The average molecular weight is 528 g/mol. The zero-order valence-corrected chi connectivity index (χ0v) is 21.3. The molecular weight excluding hydrogens is 500 g/mol. The van der Waals surface area contributed by atoms with Crippen LogP contribution in [0.4, 0.5) is 14.5 Å². The summed E-state index contributed by atoms with van der Waals surface area (Å²) in [7, 11) is 0. The number of anilines is 1. The SMILES string of the molecule is Cc1ccccc1N1C(=O)C(CCC(O)(c2ccc(F)cc2)c2ccc(F)cc2)C1c1ccc2c(c1)OCO2. The fourth-order valence-corrected chi connectivity index (χ4v) is 5.68. The van der Waals surface area contributed by atoms with Gasteiger partial charge >= 0.3 is 0 Å². The second kappa shape index (κ2) is 9.82. The maximum absolute atomic E-state index is 13.7. The van der Waals surface area contributed by atoms with Gasteiger partial charge in [0.2, 0.25) is 12.7 Å². The average Bonchev–Trinajstić information content (AvgIpc) is 3.41. The lowest BCUT2D eigenvalue weighted by atomic mass is 9.74. The molecule has 198 valence electrons. The topological polar surface area (TPSA) is 59.0 Å². The maximum atomic E-state index is 13.7. The molecule has 1 fully saturated rings. The minimum Gasteiger partial charge on any atom is -0.454 e. The first-order valence-corrected chi connectivity index (χ1v) is 12.9. The minimum absolute atomic E-state index is 0.0486. The van der Waals surface area contributed by atoms with Crippen LogP contribution >= 0.6 is 0 Å². The largest absolute Gasteiger partial charge is 0.454 e. The summed E-state index contributed by atoms with van der Waals surface area (Å²) in [5, 5.41) is 12.0. The zero-order chi connectivity index (χ0) is 27.1. The molecule has 2 aliphatic rings. The van der Waals surface area contributed by atoms with Crippen molar-refractivity contribution in [3.63, 3.8) is 0 Å². The highest BCUT2D eigenvalue weighted by molar-refractivity contribution is 6.03. The predicted molar refractivity (Wildman–Crippen MR) is 142 cm³/mol. The van der Waals surface area contributed by atoms with Gasteiger partial charge in [-0.3, -0.25) is 4.79 Å². The summed E-state index contributed by atoms with van der Waals surface area (Å²) in [6.07, 6.45) is 0.509. The Morgan fingerprint density at radius 3 is 2.13 bits per heavy atom. The smallest absolute Gasteiger partial charge is 0.233 e. The van der Waals surface area contributed by atoms with Gasteiger partial charge in [0, 0.05) is 5.69 Å². The van der Waals surface area contributed by atoms with Crippen LogP contribution in [-0.2, 0) is 10.4 Å². The standard InChI is InChI=1S/C32H27F2NO4/c1-20-4-2-3-5-27(20)35-30(21-6-15-28-29(18-21)39-19-38-28)26(31(35)36)16-17-32(37,22-7-11-24(33)12-8-22)23-9-13-25(34)14-10-23/h2-15,18,26,30,37H,16-17,19H2,1H3. The quantitative estimate of drug-likeness (QED) is 0.282. The third kappa shape index (κ3) is 4.42. The molecule has 0 aliphatic carbocycles. The molecule has 1 amide bonds. The van der Waals surface area contributed by atoms with Crippen LogP contribution in [0.2, 0.25) is 0 Å². The molecule has 4 aromatic carbocycles. The number of β-lactam (4-membered cyclic amide) rings is 1. The molecule has 0 saturated carbocycles. The molecule has 7 heteroatoms. The van der Waals surface area contributed by atoms with Crippen LogP contribution in [0.5, 0.6) is 11.5 Å². The molecule has 1 saturated heterocycles. The van der Waals surface area contributed by atoms with Gasteiger partial charge in [-0.05, 0) is 84.5 Å². The number of carbonyl (C=O) groups is 1.